The molecule has 2 saturated heterocycles. The molecule has 0 spiro atoms. The summed E-state index contributed by atoms with van der Waals surface area (Å²) in [5.41, 5.74) is -2.11. The molecule has 2 aromatic rings. The lowest BCUT2D eigenvalue weighted by molar-refractivity contribution is -0.135. The first-order valence-electron chi connectivity index (χ1n) is 12.2. The smallest absolute Gasteiger partial charge is 0.269 e. The molecule has 2 bridgehead atoms. The minimum absolute atomic E-state index is 0.0679. The first kappa shape index (κ1) is 27.5. The van der Waals surface area contributed by atoms with Gasteiger partial charge in [0.15, 0.2) is 5.60 Å². The number of aromatic nitrogens is 2. The second-order valence-electron chi connectivity index (χ2n) is 9.90. The molecule has 8 nitrogen and oxygen atoms in total. The minimum Gasteiger partial charge on any atom is -0.461 e. The van der Waals surface area contributed by atoms with Gasteiger partial charge < -0.3 is 20.3 Å². The van der Waals surface area contributed by atoms with E-state index in [1.165, 1.54) is 26.1 Å². The van der Waals surface area contributed by atoms with Gasteiger partial charge in [0.1, 0.15) is 11.6 Å². The molecule has 2 fully saturated rings. The lowest BCUT2D eigenvalue weighted by Crippen LogP contribution is -2.55. The van der Waals surface area contributed by atoms with Crippen LogP contribution < -0.4 is 20.3 Å². The second kappa shape index (κ2) is 11.1. The fourth-order valence-electron chi connectivity index (χ4n) is 4.95. The van der Waals surface area contributed by atoms with Gasteiger partial charge in [-0.2, -0.15) is 0 Å². The van der Waals surface area contributed by atoms with Gasteiger partial charge in [0.25, 0.3) is 24.7 Å². The number of hydrogen-bond donors (Lipinski definition) is 2. The van der Waals surface area contributed by atoms with Gasteiger partial charge in [-0.3, -0.25) is 9.59 Å². The minimum atomic E-state index is -3.03. The fourth-order valence-corrected chi connectivity index (χ4v) is 4.95. The number of nitrogens with zero attached hydrogens (tertiary/aromatic N) is 3. The average Bonchev–Trinajstić information content (AvgIpc) is 3.13. The first-order chi connectivity index (χ1) is 17.9. The predicted octanol–water partition coefficient (Wildman–Crippen LogP) is 4.02. The van der Waals surface area contributed by atoms with Crippen molar-refractivity contribution in [1.29, 1.82) is 0 Å². The summed E-state index contributed by atoms with van der Waals surface area (Å²) in [5, 5.41) is 5.08. The van der Waals surface area contributed by atoms with Crippen LogP contribution in [0.2, 0.25) is 0 Å². The molecule has 2 atom stereocenters. The monoisotopic (exact) mass is 541 g/mol. The van der Waals surface area contributed by atoms with Gasteiger partial charge in [-0.1, -0.05) is 0 Å². The Morgan fingerprint density at radius 3 is 2.37 bits per heavy atom. The van der Waals surface area contributed by atoms with Crippen molar-refractivity contribution in [2.45, 2.75) is 76.1 Å². The molecule has 0 aliphatic carbocycles. The lowest BCUT2D eigenvalue weighted by Gasteiger charge is -2.40. The molecule has 13 heteroatoms. The van der Waals surface area contributed by atoms with Gasteiger partial charge in [0, 0.05) is 24.3 Å². The Labute approximate surface area is 216 Å². The Hall–Kier alpha value is -3.51. The van der Waals surface area contributed by atoms with Crippen molar-refractivity contribution < 1.29 is 36.3 Å². The molecule has 2 amide bonds. The molecule has 206 valence electrons. The zero-order chi connectivity index (χ0) is 27.6. The van der Waals surface area contributed by atoms with Crippen LogP contribution in [-0.4, -0.2) is 58.5 Å². The highest BCUT2D eigenvalue weighted by molar-refractivity contribution is 5.94. The van der Waals surface area contributed by atoms with E-state index in [-0.39, 0.29) is 23.7 Å². The zero-order valence-corrected chi connectivity index (χ0v) is 20.8. The third kappa shape index (κ3) is 6.13. The highest BCUT2D eigenvalue weighted by Gasteiger charge is 2.43. The van der Waals surface area contributed by atoms with Gasteiger partial charge in [0.05, 0.1) is 23.9 Å². The van der Waals surface area contributed by atoms with E-state index in [1.54, 1.807) is 6.07 Å². The van der Waals surface area contributed by atoms with E-state index >= 15 is 0 Å². The number of anilines is 1. The van der Waals surface area contributed by atoms with Crippen molar-refractivity contribution in [2.75, 3.05) is 11.4 Å². The van der Waals surface area contributed by atoms with Crippen molar-refractivity contribution in [2.24, 2.45) is 0 Å². The maximum absolute atomic E-state index is 13.4. The van der Waals surface area contributed by atoms with E-state index in [1.807, 2.05) is 0 Å². The van der Waals surface area contributed by atoms with Crippen LogP contribution in [0.4, 0.5) is 27.8 Å². The summed E-state index contributed by atoms with van der Waals surface area (Å²) < 4.78 is 70.2. The number of hydrogen-bond acceptors (Lipinski definition) is 6. The largest absolute Gasteiger partial charge is 0.461 e. The normalized spacial score (nSPS) is 21.1. The van der Waals surface area contributed by atoms with E-state index in [0.717, 1.165) is 19.0 Å². The van der Waals surface area contributed by atoms with Crippen molar-refractivity contribution >= 4 is 17.6 Å². The standard InChI is InChI=1S/C25H28F5N5O3/c1-25(2,38-23-18(21(29)30)7-14(26)11-33-23)24(37)34-15-8-16-4-5-17(9-15)35(16)20-6-3-13(10-31-20)22(36)32-12-19(27)28/h3,6-7,10-11,15-17,19,21H,4-5,8-9,12H2,1-2H3,(H,32,36)(H,34,37). The van der Waals surface area contributed by atoms with Crippen LogP contribution in [-0.2, 0) is 4.79 Å². The number of carbonyl (C=O) groups excluding carboxylic acids is 2. The molecule has 2 unspecified atom stereocenters. The molecule has 0 radical (unpaired) electrons. The molecule has 4 heterocycles. The Kier molecular flexibility index (Phi) is 8.02. The van der Waals surface area contributed by atoms with Crippen LogP contribution in [0.5, 0.6) is 5.88 Å². The van der Waals surface area contributed by atoms with Gasteiger partial charge in [-0.05, 0) is 57.7 Å². The number of piperidine rings is 1. The second-order valence-corrected chi connectivity index (χ2v) is 9.90. The summed E-state index contributed by atoms with van der Waals surface area (Å²) in [7, 11) is 0. The number of ether oxygens (including phenoxy) is 1. The van der Waals surface area contributed by atoms with Crippen LogP contribution in [0.25, 0.3) is 0 Å². The number of alkyl halides is 4. The fraction of sp³-hybridized carbons (Fsp3) is 0.520. The van der Waals surface area contributed by atoms with E-state index in [4.69, 9.17) is 4.74 Å². The third-order valence-electron chi connectivity index (χ3n) is 6.74. The number of amides is 2. The third-order valence-corrected chi connectivity index (χ3v) is 6.74. The highest BCUT2D eigenvalue weighted by atomic mass is 19.3. The summed E-state index contributed by atoms with van der Waals surface area (Å²) in [6, 6.07) is 3.78. The van der Waals surface area contributed by atoms with Gasteiger partial charge in [-0.25, -0.2) is 31.9 Å². The van der Waals surface area contributed by atoms with Crippen LogP contribution in [0.1, 0.15) is 61.9 Å². The highest BCUT2D eigenvalue weighted by Crippen LogP contribution is 2.39. The summed E-state index contributed by atoms with van der Waals surface area (Å²) in [6.45, 7) is 2.12. The SMILES string of the molecule is CC(C)(Oc1ncc(F)cc1C(F)F)C(=O)NC1CC2CCC(C1)N2c1ccc(C(=O)NCC(F)F)cn1. The molecule has 4 rings (SSSR count). The van der Waals surface area contributed by atoms with Crippen molar-refractivity contribution in [1.82, 2.24) is 20.6 Å². The lowest BCUT2D eigenvalue weighted by atomic mass is 9.96. The van der Waals surface area contributed by atoms with Crippen molar-refractivity contribution in [3.05, 3.63) is 47.5 Å². The van der Waals surface area contributed by atoms with Crippen molar-refractivity contribution in [3.63, 3.8) is 0 Å². The number of nitrogens with one attached hydrogen (secondary N) is 2. The number of halogens is 5. The molecular weight excluding hydrogens is 513 g/mol. The molecule has 0 aromatic carbocycles. The van der Waals surface area contributed by atoms with Gasteiger partial charge >= 0.3 is 0 Å². The molecule has 0 saturated carbocycles. The Morgan fingerprint density at radius 1 is 1.11 bits per heavy atom. The molecule has 2 aliphatic heterocycles. The zero-order valence-electron chi connectivity index (χ0n) is 20.8. The molecule has 2 aliphatic rings. The maximum Gasteiger partial charge on any atom is 0.269 e. The summed E-state index contributed by atoms with van der Waals surface area (Å²) in [4.78, 5) is 35.1. The Morgan fingerprint density at radius 2 is 1.79 bits per heavy atom. The summed E-state index contributed by atoms with van der Waals surface area (Å²) in [6.07, 6.45) is -0.628. The quantitative estimate of drug-likeness (QED) is 0.466. The van der Waals surface area contributed by atoms with E-state index < -0.39 is 54.1 Å². The summed E-state index contributed by atoms with van der Waals surface area (Å²) in [5.74, 6) is -1.93. The number of pyridine rings is 2. The number of rotatable bonds is 9. The average molecular weight is 542 g/mol. The molecule has 38 heavy (non-hydrogen) atoms. The molecular formula is C25H28F5N5O3. The van der Waals surface area contributed by atoms with E-state index in [9.17, 15) is 31.5 Å². The maximum atomic E-state index is 13.4. The van der Waals surface area contributed by atoms with Crippen LogP contribution >= 0.6 is 0 Å². The summed E-state index contributed by atoms with van der Waals surface area (Å²) >= 11 is 0. The number of fused-ring (bicyclic) bond motifs is 2. The van der Waals surface area contributed by atoms with Crippen LogP contribution in [0, 0.1) is 5.82 Å². The van der Waals surface area contributed by atoms with Gasteiger partial charge in [-0.15, -0.1) is 0 Å². The van der Waals surface area contributed by atoms with Crippen LogP contribution in [0.3, 0.4) is 0 Å². The topological polar surface area (TPSA) is 96.5 Å². The van der Waals surface area contributed by atoms with Crippen LogP contribution in [0.15, 0.2) is 30.6 Å². The van der Waals surface area contributed by atoms with Crippen molar-refractivity contribution in [3.8, 4) is 5.88 Å². The molecule has 2 N–H and O–H groups in total. The van der Waals surface area contributed by atoms with E-state index in [0.29, 0.717) is 24.7 Å². The Bertz CT molecular complexity index is 1150. The van der Waals surface area contributed by atoms with Gasteiger partial charge in [0.2, 0.25) is 5.88 Å². The predicted molar refractivity (Wildman–Crippen MR) is 127 cm³/mol. The Balaban J connectivity index is 1.37. The molecule has 2 aromatic heterocycles. The number of carbonyl (C=O) groups is 2. The first-order valence-corrected chi connectivity index (χ1v) is 12.2. The van der Waals surface area contributed by atoms with E-state index in [2.05, 4.69) is 25.5 Å².